The smallest absolute Gasteiger partial charge is 0.0571 e. The van der Waals surface area contributed by atoms with Gasteiger partial charge in [-0.05, 0) is 82.0 Å². The number of hydrogen-bond acceptors (Lipinski definition) is 2. The van der Waals surface area contributed by atoms with Crippen molar-refractivity contribution < 1.29 is 0 Å². The lowest BCUT2D eigenvalue weighted by atomic mass is 9.94. The van der Waals surface area contributed by atoms with E-state index in [0.29, 0.717) is 5.02 Å². The lowest BCUT2D eigenvalue weighted by Gasteiger charge is -2.14. The van der Waals surface area contributed by atoms with E-state index in [1.54, 1.807) is 7.05 Å². The number of nitrogens with zero attached hydrogens (tertiary/aromatic N) is 2. The molecule has 0 saturated heterocycles. The molecule has 0 atom stereocenters. The fourth-order valence-electron chi connectivity index (χ4n) is 3.95. The fraction of sp³-hybridized carbons (Fsp3) is 0.0938. The standard InChI is InChI=1S/C32H28Cl2N2/c1-35-29-19-11-25(12-20-29)31(23-7-15-27(33)16-8-23)5-4-6-32(24-9-17-28(34)18-10-24)26-13-21-30(22-14-26)36(2)3/h4-22H,1-3H3/b5-4+,31-25?,32-6+,35-29?. The number of rotatable bonds is 6. The Bertz CT molecular complexity index is 1370. The zero-order chi connectivity index (χ0) is 25.5. The van der Waals surface area contributed by atoms with Crippen molar-refractivity contribution in [3.8, 4) is 0 Å². The van der Waals surface area contributed by atoms with E-state index in [4.69, 9.17) is 23.2 Å². The molecule has 0 bridgehead atoms. The van der Waals surface area contributed by atoms with E-state index < -0.39 is 0 Å². The summed E-state index contributed by atoms with van der Waals surface area (Å²) in [7, 11) is 5.89. The summed E-state index contributed by atoms with van der Waals surface area (Å²) >= 11 is 12.3. The van der Waals surface area contributed by atoms with Crippen LogP contribution in [0.2, 0.25) is 10.0 Å². The summed E-state index contributed by atoms with van der Waals surface area (Å²) in [4.78, 5) is 6.36. The molecule has 1 aliphatic carbocycles. The minimum atomic E-state index is 0.716. The molecule has 0 aliphatic heterocycles. The van der Waals surface area contributed by atoms with Crippen LogP contribution in [0.1, 0.15) is 16.7 Å². The molecule has 3 aromatic carbocycles. The van der Waals surface area contributed by atoms with E-state index in [9.17, 15) is 0 Å². The third-order valence-corrected chi connectivity index (χ3v) is 6.47. The average Bonchev–Trinajstić information content (AvgIpc) is 2.90. The number of allylic oxidation sites excluding steroid dienone is 9. The van der Waals surface area contributed by atoms with Crippen molar-refractivity contribution in [2.45, 2.75) is 0 Å². The summed E-state index contributed by atoms with van der Waals surface area (Å²) in [6.45, 7) is 0. The van der Waals surface area contributed by atoms with Gasteiger partial charge in [0.2, 0.25) is 0 Å². The first-order valence-electron chi connectivity index (χ1n) is 11.7. The van der Waals surface area contributed by atoms with Crippen LogP contribution in [0.5, 0.6) is 0 Å². The highest BCUT2D eigenvalue weighted by Gasteiger charge is 2.08. The first-order chi connectivity index (χ1) is 17.4. The molecule has 2 nitrogen and oxygen atoms in total. The minimum Gasteiger partial charge on any atom is -0.378 e. The SMILES string of the molecule is CN=C1C=CC(=C(/C=C/C=C(\c2ccc(Cl)cc2)c2ccc(N(C)C)cc2)c2ccc(Cl)cc2)C=C1. The van der Waals surface area contributed by atoms with Gasteiger partial charge in [0, 0.05) is 36.9 Å². The second-order valence-corrected chi connectivity index (χ2v) is 9.45. The highest BCUT2D eigenvalue weighted by atomic mass is 35.5. The summed E-state index contributed by atoms with van der Waals surface area (Å²) in [6.07, 6.45) is 14.7. The predicted octanol–water partition coefficient (Wildman–Crippen LogP) is 8.70. The van der Waals surface area contributed by atoms with Gasteiger partial charge in [-0.25, -0.2) is 0 Å². The van der Waals surface area contributed by atoms with Crippen LogP contribution in [0, 0.1) is 0 Å². The summed E-state index contributed by atoms with van der Waals surface area (Å²) in [5.41, 5.74) is 8.76. The van der Waals surface area contributed by atoms with Gasteiger partial charge < -0.3 is 4.90 Å². The predicted molar refractivity (Wildman–Crippen MR) is 158 cm³/mol. The van der Waals surface area contributed by atoms with Gasteiger partial charge in [-0.2, -0.15) is 0 Å². The Morgan fingerprint density at radius 1 is 0.694 bits per heavy atom. The second kappa shape index (κ2) is 11.9. The zero-order valence-corrected chi connectivity index (χ0v) is 22.1. The molecule has 3 aromatic rings. The highest BCUT2D eigenvalue weighted by Crippen LogP contribution is 2.29. The van der Waals surface area contributed by atoms with Crippen LogP contribution >= 0.6 is 23.2 Å². The molecule has 0 spiro atoms. The first-order valence-corrected chi connectivity index (χ1v) is 12.5. The highest BCUT2D eigenvalue weighted by molar-refractivity contribution is 6.30. The topological polar surface area (TPSA) is 15.6 Å². The summed E-state index contributed by atoms with van der Waals surface area (Å²) in [5.74, 6) is 0. The molecule has 1 aliphatic rings. The van der Waals surface area contributed by atoms with E-state index in [0.717, 1.165) is 49.8 Å². The molecular formula is C32H28Cl2N2. The van der Waals surface area contributed by atoms with Gasteiger partial charge >= 0.3 is 0 Å². The van der Waals surface area contributed by atoms with Gasteiger partial charge in [0.05, 0.1) is 5.71 Å². The first kappa shape index (κ1) is 25.5. The Hall–Kier alpha value is -3.59. The lowest BCUT2D eigenvalue weighted by molar-refractivity contribution is 1.13. The summed E-state index contributed by atoms with van der Waals surface area (Å²) in [5, 5.41) is 1.44. The molecule has 36 heavy (non-hydrogen) atoms. The molecular weight excluding hydrogens is 483 g/mol. The third kappa shape index (κ3) is 6.34. The molecule has 4 rings (SSSR count). The van der Waals surface area contributed by atoms with Gasteiger partial charge in [-0.1, -0.05) is 90.0 Å². The van der Waals surface area contributed by atoms with E-state index in [2.05, 4.69) is 76.7 Å². The van der Waals surface area contributed by atoms with Crippen molar-refractivity contribution >= 4 is 45.7 Å². The van der Waals surface area contributed by atoms with Crippen molar-refractivity contribution in [3.63, 3.8) is 0 Å². The monoisotopic (exact) mass is 510 g/mol. The largest absolute Gasteiger partial charge is 0.378 e. The van der Waals surface area contributed by atoms with Crippen LogP contribution in [0.3, 0.4) is 0 Å². The number of anilines is 1. The van der Waals surface area contributed by atoms with Crippen molar-refractivity contribution in [2.75, 3.05) is 26.0 Å². The summed E-state index contributed by atoms with van der Waals surface area (Å²) < 4.78 is 0. The van der Waals surface area contributed by atoms with Crippen LogP contribution in [0.15, 0.2) is 126 Å². The van der Waals surface area contributed by atoms with E-state index >= 15 is 0 Å². The molecule has 0 fully saturated rings. The quantitative estimate of drug-likeness (QED) is 0.302. The lowest BCUT2D eigenvalue weighted by Crippen LogP contribution is -2.08. The maximum Gasteiger partial charge on any atom is 0.0571 e. The molecule has 0 aromatic heterocycles. The number of aliphatic imine (C=N–C) groups is 1. The van der Waals surface area contributed by atoms with Crippen LogP contribution in [0.4, 0.5) is 5.69 Å². The van der Waals surface area contributed by atoms with Crippen LogP contribution < -0.4 is 4.90 Å². The molecule has 0 saturated carbocycles. The zero-order valence-electron chi connectivity index (χ0n) is 20.6. The molecule has 0 radical (unpaired) electrons. The normalized spacial score (nSPS) is 13.4. The third-order valence-electron chi connectivity index (χ3n) is 5.97. The molecule has 180 valence electrons. The van der Waals surface area contributed by atoms with Gasteiger partial charge in [0.1, 0.15) is 0 Å². The van der Waals surface area contributed by atoms with Crippen molar-refractivity contribution in [1.82, 2.24) is 0 Å². The Morgan fingerprint density at radius 3 is 1.69 bits per heavy atom. The van der Waals surface area contributed by atoms with Gasteiger partial charge in [-0.15, -0.1) is 0 Å². The van der Waals surface area contributed by atoms with Gasteiger partial charge in [0.15, 0.2) is 0 Å². The molecule has 4 heteroatoms. The molecule has 0 heterocycles. The van der Waals surface area contributed by atoms with E-state index in [1.807, 2.05) is 62.6 Å². The van der Waals surface area contributed by atoms with Crippen LogP contribution in [-0.2, 0) is 0 Å². The Kier molecular flexibility index (Phi) is 8.43. The fourth-order valence-corrected chi connectivity index (χ4v) is 4.20. The summed E-state index contributed by atoms with van der Waals surface area (Å²) in [6, 6.07) is 24.5. The molecule has 0 amide bonds. The van der Waals surface area contributed by atoms with Gasteiger partial charge in [0.25, 0.3) is 0 Å². The maximum atomic E-state index is 6.17. The van der Waals surface area contributed by atoms with Crippen LogP contribution in [0.25, 0.3) is 11.1 Å². The van der Waals surface area contributed by atoms with E-state index in [1.165, 1.54) is 0 Å². The number of halogens is 2. The van der Waals surface area contributed by atoms with Crippen molar-refractivity contribution in [2.24, 2.45) is 4.99 Å². The number of benzene rings is 3. The second-order valence-electron chi connectivity index (χ2n) is 8.58. The van der Waals surface area contributed by atoms with Crippen molar-refractivity contribution in [1.29, 1.82) is 0 Å². The Labute approximate surface area is 223 Å². The number of hydrogen-bond donors (Lipinski definition) is 0. The Balaban J connectivity index is 1.78. The minimum absolute atomic E-state index is 0.716. The van der Waals surface area contributed by atoms with Crippen LogP contribution in [-0.4, -0.2) is 26.9 Å². The Morgan fingerprint density at radius 2 is 1.19 bits per heavy atom. The molecule has 0 unspecified atom stereocenters. The van der Waals surface area contributed by atoms with Crippen molar-refractivity contribution in [3.05, 3.63) is 148 Å². The maximum absolute atomic E-state index is 6.17. The molecule has 0 N–H and O–H groups in total. The van der Waals surface area contributed by atoms with E-state index in [-0.39, 0.29) is 0 Å². The van der Waals surface area contributed by atoms with Gasteiger partial charge in [-0.3, -0.25) is 4.99 Å². The average molecular weight is 511 g/mol.